The number of alkyl halides is 6. The van der Waals surface area contributed by atoms with Gasteiger partial charge in [0.15, 0.2) is 5.92 Å². The fraction of sp³-hybridized carbons (Fsp3) is 0.455. The molecule has 1 unspecified atom stereocenters. The summed E-state index contributed by atoms with van der Waals surface area (Å²) in [6.07, 6.45) is -11.5. The van der Waals surface area contributed by atoms with E-state index in [0.717, 1.165) is 6.92 Å². The van der Waals surface area contributed by atoms with Crippen molar-refractivity contribution in [1.82, 2.24) is 0 Å². The number of rotatable bonds is 2. The van der Waals surface area contributed by atoms with Crippen molar-refractivity contribution < 1.29 is 35.1 Å². The summed E-state index contributed by atoms with van der Waals surface area (Å²) in [6, 6.07) is -2.04. The van der Waals surface area contributed by atoms with Crippen LogP contribution in [0, 0.1) is 24.5 Å². The third kappa shape index (κ3) is 3.38. The minimum Gasteiger partial charge on any atom is -0.323 e. The van der Waals surface area contributed by atoms with E-state index in [2.05, 4.69) is 0 Å². The molecular weight excluding hydrogens is 298 g/mol. The molecule has 0 amide bonds. The Labute approximate surface area is 108 Å². The van der Waals surface area contributed by atoms with Crippen LogP contribution in [0.1, 0.15) is 17.2 Å². The van der Waals surface area contributed by atoms with Gasteiger partial charge in [-0.3, -0.25) is 0 Å². The van der Waals surface area contributed by atoms with Crippen LogP contribution in [0.2, 0.25) is 0 Å². The van der Waals surface area contributed by atoms with Crippen molar-refractivity contribution in [2.45, 2.75) is 25.3 Å². The van der Waals surface area contributed by atoms with Gasteiger partial charge >= 0.3 is 12.4 Å². The molecule has 1 nitrogen and oxygen atoms in total. The fourth-order valence-corrected chi connectivity index (χ4v) is 1.69. The standard InChI is InChI=1S/C11H9F8N/c1-4-2-7(13)5(3-6(4)12)8(20)9(10(14,15)16)11(17,18)19/h2-3,8-9H,20H2,1H3. The Kier molecular flexibility index (Phi) is 4.33. The van der Waals surface area contributed by atoms with E-state index in [1.807, 2.05) is 0 Å². The minimum absolute atomic E-state index is 0.250. The third-order valence-corrected chi connectivity index (χ3v) is 2.70. The Morgan fingerprint density at radius 1 is 0.900 bits per heavy atom. The summed E-state index contributed by atoms with van der Waals surface area (Å²) in [5.74, 6) is -6.54. The molecule has 0 aliphatic heterocycles. The van der Waals surface area contributed by atoms with Crippen molar-refractivity contribution in [3.8, 4) is 0 Å². The summed E-state index contributed by atoms with van der Waals surface area (Å²) < 4.78 is 101. The normalized spacial score (nSPS) is 14.8. The molecule has 1 aromatic carbocycles. The molecular formula is C11H9F8N. The largest absolute Gasteiger partial charge is 0.402 e. The first-order valence-electron chi connectivity index (χ1n) is 5.20. The second-order valence-corrected chi connectivity index (χ2v) is 4.21. The van der Waals surface area contributed by atoms with Gasteiger partial charge in [-0.15, -0.1) is 0 Å². The average molecular weight is 307 g/mol. The van der Waals surface area contributed by atoms with Crippen LogP contribution < -0.4 is 5.73 Å². The Hall–Kier alpha value is -1.38. The zero-order valence-corrected chi connectivity index (χ0v) is 9.91. The van der Waals surface area contributed by atoms with Gasteiger partial charge in [-0.05, 0) is 24.6 Å². The van der Waals surface area contributed by atoms with E-state index < -0.39 is 41.5 Å². The Morgan fingerprint density at radius 2 is 1.35 bits per heavy atom. The first-order valence-corrected chi connectivity index (χ1v) is 5.20. The van der Waals surface area contributed by atoms with Gasteiger partial charge in [0.1, 0.15) is 11.6 Å². The predicted octanol–water partition coefficient (Wildman–Crippen LogP) is 4.01. The molecule has 114 valence electrons. The van der Waals surface area contributed by atoms with Crippen molar-refractivity contribution in [2.75, 3.05) is 0 Å². The summed E-state index contributed by atoms with van der Waals surface area (Å²) in [4.78, 5) is 0. The minimum atomic E-state index is -5.73. The molecule has 0 aromatic heterocycles. The van der Waals surface area contributed by atoms with E-state index in [9.17, 15) is 35.1 Å². The van der Waals surface area contributed by atoms with Crippen LogP contribution in [0.5, 0.6) is 0 Å². The summed E-state index contributed by atoms with van der Waals surface area (Å²) >= 11 is 0. The fourth-order valence-electron chi connectivity index (χ4n) is 1.69. The van der Waals surface area contributed by atoms with E-state index in [4.69, 9.17) is 5.73 Å². The number of halogens is 8. The van der Waals surface area contributed by atoms with Crippen LogP contribution in [-0.4, -0.2) is 12.4 Å². The van der Waals surface area contributed by atoms with Gasteiger partial charge in [-0.25, -0.2) is 8.78 Å². The summed E-state index contributed by atoms with van der Waals surface area (Å²) in [6.45, 7) is 1.11. The Bertz CT molecular complexity index is 476. The average Bonchev–Trinajstić information content (AvgIpc) is 2.18. The highest BCUT2D eigenvalue weighted by Gasteiger charge is 2.60. The Morgan fingerprint density at radius 3 is 1.75 bits per heavy atom. The zero-order chi connectivity index (χ0) is 15.9. The number of aryl methyl sites for hydroxylation is 1. The lowest BCUT2D eigenvalue weighted by molar-refractivity contribution is -0.290. The molecule has 1 aromatic rings. The molecule has 0 aliphatic rings. The molecule has 2 N–H and O–H groups in total. The van der Waals surface area contributed by atoms with E-state index in [1.54, 1.807) is 0 Å². The van der Waals surface area contributed by atoms with Crippen LogP contribution in [0.4, 0.5) is 35.1 Å². The van der Waals surface area contributed by atoms with Crippen molar-refractivity contribution in [3.63, 3.8) is 0 Å². The number of hydrogen-bond donors (Lipinski definition) is 1. The summed E-state index contributed by atoms with van der Waals surface area (Å²) in [7, 11) is 0. The number of nitrogens with two attached hydrogens (primary N) is 1. The number of hydrogen-bond acceptors (Lipinski definition) is 1. The molecule has 1 atom stereocenters. The van der Waals surface area contributed by atoms with Gasteiger partial charge in [0, 0.05) is 5.56 Å². The molecule has 0 saturated heterocycles. The lowest BCUT2D eigenvalue weighted by Gasteiger charge is -2.28. The van der Waals surface area contributed by atoms with Gasteiger partial charge in [0.2, 0.25) is 0 Å². The maximum Gasteiger partial charge on any atom is 0.402 e. The molecule has 0 bridgehead atoms. The summed E-state index contributed by atoms with van der Waals surface area (Å²) in [5, 5.41) is 0. The molecule has 0 spiro atoms. The predicted molar refractivity (Wildman–Crippen MR) is 53.6 cm³/mol. The smallest absolute Gasteiger partial charge is 0.323 e. The van der Waals surface area contributed by atoms with Gasteiger partial charge in [0.05, 0.1) is 6.04 Å². The first kappa shape index (κ1) is 16.7. The van der Waals surface area contributed by atoms with Gasteiger partial charge in [0.25, 0.3) is 0 Å². The van der Waals surface area contributed by atoms with Crippen LogP contribution in [0.15, 0.2) is 12.1 Å². The number of benzene rings is 1. The first-order chi connectivity index (χ1) is 8.85. The van der Waals surface area contributed by atoms with E-state index in [0.29, 0.717) is 6.07 Å². The molecule has 9 heteroatoms. The third-order valence-electron chi connectivity index (χ3n) is 2.70. The van der Waals surface area contributed by atoms with Crippen LogP contribution in [-0.2, 0) is 0 Å². The van der Waals surface area contributed by atoms with Crippen LogP contribution in [0.25, 0.3) is 0 Å². The molecule has 0 fully saturated rings. The second kappa shape index (κ2) is 5.19. The molecule has 1 rings (SSSR count). The zero-order valence-electron chi connectivity index (χ0n) is 9.91. The SMILES string of the molecule is Cc1cc(F)c(C(N)C(C(F)(F)F)C(F)(F)F)cc1F. The lowest BCUT2D eigenvalue weighted by Crippen LogP contribution is -2.44. The van der Waals surface area contributed by atoms with Gasteiger partial charge in [-0.1, -0.05) is 0 Å². The van der Waals surface area contributed by atoms with Crippen molar-refractivity contribution in [2.24, 2.45) is 11.7 Å². The van der Waals surface area contributed by atoms with E-state index >= 15 is 0 Å². The van der Waals surface area contributed by atoms with Gasteiger partial charge < -0.3 is 5.73 Å². The molecule has 0 heterocycles. The van der Waals surface area contributed by atoms with Crippen molar-refractivity contribution in [1.29, 1.82) is 0 Å². The molecule has 0 radical (unpaired) electrons. The van der Waals surface area contributed by atoms with Crippen molar-refractivity contribution in [3.05, 3.63) is 34.9 Å². The highest BCUT2D eigenvalue weighted by molar-refractivity contribution is 5.28. The Balaban J connectivity index is 3.34. The highest BCUT2D eigenvalue weighted by Crippen LogP contribution is 2.45. The quantitative estimate of drug-likeness (QED) is 0.821. The van der Waals surface area contributed by atoms with E-state index in [-0.39, 0.29) is 11.6 Å². The monoisotopic (exact) mass is 307 g/mol. The lowest BCUT2D eigenvalue weighted by atomic mass is 9.91. The summed E-state index contributed by atoms with van der Waals surface area (Å²) in [5.41, 5.74) is 3.46. The van der Waals surface area contributed by atoms with E-state index in [1.165, 1.54) is 0 Å². The van der Waals surface area contributed by atoms with Crippen molar-refractivity contribution >= 4 is 0 Å². The molecule has 0 aliphatic carbocycles. The van der Waals surface area contributed by atoms with Crippen LogP contribution in [0.3, 0.4) is 0 Å². The maximum absolute atomic E-state index is 13.4. The molecule has 20 heavy (non-hydrogen) atoms. The topological polar surface area (TPSA) is 26.0 Å². The molecule has 0 saturated carbocycles. The van der Waals surface area contributed by atoms with Crippen LogP contribution >= 0.6 is 0 Å². The maximum atomic E-state index is 13.4. The van der Waals surface area contributed by atoms with Gasteiger partial charge in [-0.2, -0.15) is 26.3 Å². The second-order valence-electron chi connectivity index (χ2n) is 4.21. The highest BCUT2D eigenvalue weighted by atomic mass is 19.4.